The number of carbonyl (C=O) groups is 1. The molecule has 1 aliphatic heterocycles. The molecule has 1 fully saturated rings. The standard InChI is InChI=1S/C19H11F6NOS3/c1-2-3-26-16(27)15(30-17(26)28)8-14-6-11(9-29-14)10-4-12(18(20,21)22)7-13(5-10)19(23,24)25/h2,4-9H,1,3H2. The highest BCUT2D eigenvalue weighted by Gasteiger charge is 2.37. The van der Waals surface area contributed by atoms with Gasteiger partial charge in [-0.15, -0.1) is 17.9 Å². The van der Waals surface area contributed by atoms with Crippen LogP contribution in [0.2, 0.25) is 0 Å². The Morgan fingerprint density at radius 3 is 2.13 bits per heavy atom. The molecule has 2 heterocycles. The number of hydrogen-bond acceptors (Lipinski definition) is 4. The third kappa shape index (κ3) is 4.79. The highest BCUT2D eigenvalue weighted by Crippen LogP contribution is 2.40. The lowest BCUT2D eigenvalue weighted by Gasteiger charge is -2.13. The fourth-order valence-corrected chi connectivity index (χ4v) is 4.81. The van der Waals surface area contributed by atoms with E-state index in [9.17, 15) is 31.1 Å². The summed E-state index contributed by atoms with van der Waals surface area (Å²) in [5.74, 6) is -0.335. The fourth-order valence-electron chi connectivity index (χ4n) is 2.62. The van der Waals surface area contributed by atoms with Gasteiger partial charge in [-0.1, -0.05) is 30.1 Å². The Bertz CT molecular complexity index is 1020. The first kappa shape index (κ1) is 22.6. The van der Waals surface area contributed by atoms with Crippen LogP contribution in [0.25, 0.3) is 17.2 Å². The van der Waals surface area contributed by atoms with Crippen molar-refractivity contribution in [3.05, 3.63) is 63.2 Å². The van der Waals surface area contributed by atoms with Gasteiger partial charge in [-0.25, -0.2) is 0 Å². The van der Waals surface area contributed by atoms with E-state index in [1.54, 1.807) is 0 Å². The molecule has 0 bridgehead atoms. The molecule has 1 aromatic heterocycles. The van der Waals surface area contributed by atoms with Crippen molar-refractivity contribution in [2.24, 2.45) is 0 Å². The first-order valence-corrected chi connectivity index (χ1v) is 10.2. The van der Waals surface area contributed by atoms with Gasteiger partial charge < -0.3 is 0 Å². The minimum absolute atomic E-state index is 0.0850. The number of carbonyl (C=O) groups excluding carboxylic acids is 1. The summed E-state index contributed by atoms with van der Waals surface area (Å²) in [5.41, 5.74) is -2.80. The van der Waals surface area contributed by atoms with Crippen LogP contribution in [0.4, 0.5) is 26.3 Å². The topological polar surface area (TPSA) is 20.3 Å². The zero-order valence-electron chi connectivity index (χ0n) is 14.8. The van der Waals surface area contributed by atoms with Crippen molar-refractivity contribution < 1.29 is 31.1 Å². The Morgan fingerprint density at radius 2 is 1.60 bits per heavy atom. The Morgan fingerprint density at radius 1 is 1.00 bits per heavy atom. The second-order valence-corrected chi connectivity index (χ2v) is 8.73. The van der Waals surface area contributed by atoms with E-state index in [2.05, 4.69) is 6.58 Å². The van der Waals surface area contributed by atoms with Gasteiger partial charge in [-0.05, 0) is 46.8 Å². The number of rotatable bonds is 4. The van der Waals surface area contributed by atoms with Crippen molar-refractivity contribution in [1.82, 2.24) is 4.90 Å². The highest BCUT2D eigenvalue weighted by molar-refractivity contribution is 8.26. The molecule has 0 spiro atoms. The van der Waals surface area contributed by atoms with Crippen LogP contribution in [0.1, 0.15) is 16.0 Å². The lowest BCUT2D eigenvalue weighted by Crippen LogP contribution is -2.27. The second-order valence-electron chi connectivity index (χ2n) is 6.11. The Kier molecular flexibility index (Phi) is 6.17. The van der Waals surface area contributed by atoms with E-state index < -0.39 is 23.5 Å². The number of nitrogens with zero attached hydrogens (tertiary/aromatic N) is 1. The van der Waals surface area contributed by atoms with Gasteiger partial charge in [-0.3, -0.25) is 9.69 Å². The Balaban J connectivity index is 1.98. The first-order valence-electron chi connectivity index (χ1n) is 8.15. The van der Waals surface area contributed by atoms with Crippen LogP contribution in [0.15, 0.2) is 47.2 Å². The monoisotopic (exact) mass is 479 g/mol. The van der Waals surface area contributed by atoms with Gasteiger partial charge in [-0.2, -0.15) is 26.3 Å². The van der Waals surface area contributed by atoms with Crippen molar-refractivity contribution in [2.45, 2.75) is 12.4 Å². The third-order valence-corrected chi connectivity index (χ3v) is 6.26. The van der Waals surface area contributed by atoms with Crippen molar-refractivity contribution in [2.75, 3.05) is 6.54 Å². The van der Waals surface area contributed by atoms with E-state index in [0.29, 0.717) is 26.2 Å². The smallest absolute Gasteiger partial charge is 0.289 e. The quantitative estimate of drug-likeness (QED) is 0.207. The summed E-state index contributed by atoms with van der Waals surface area (Å²) in [6.45, 7) is 3.79. The lowest BCUT2D eigenvalue weighted by molar-refractivity contribution is -0.143. The molecular weight excluding hydrogens is 468 g/mol. The summed E-state index contributed by atoms with van der Waals surface area (Å²) < 4.78 is 78.8. The highest BCUT2D eigenvalue weighted by atomic mass is 32.2. The molecule has 0 aliphatic carbocycles. The van der Waals surface area contributed by atoms with Gasteiger partial charge in [0.2, 0.25) is 0 Å². The number of thiophene rings is 1. The molecule has 0 N–H and O–H groups in total. The van der Waals surface area contributed by atoms with E-state index in [1.807, 2.05) is 0 Å². The van der Waals surface area contributed by atoms with Crippen LogP contribution in [0, 0.1) is 0 Å². The maximum atomic E-state index is 13.1. The Hall–Kier alpha value is -2.11. The summed E-state index contributed by atoms with van der Waals surface area (Å²) in [4.78, 5) is 14.5. The van der Waals surface area contributed by atoms with Crippen molar-refractivity contribution in [3.63, 3.8) is 0 Å². The molecule has 1 aliphatic rings. The predicted molar refractivity (Wildman–Crippen MR) is 110 cm³/mol. The maximum Gasteiger partial charge on any atom is 0.416 e. The van der Waals surface area contributed by atoms with Crippen LogP contribution in [0.5, 0.6) is 0 Å². The maximum absolute atomic E-state index is 13.1. The van der Waals surface area contributed by atoms with Crippen molar-refractivity contribution >= 4 is 51.6 Å². The largest absolute Gasteiger partial charge is 0.416 e. The Labute approximate surface area is 180 Å². The summed E-state index contributed by atoms with van der Waals surface area (Å²) in [6.07, 6.45) is -6.82. The van der Waals surface area contributed by atoms with Crippen LogP contribution < -0.4 is 0 Å². The van der Waals surface area contributed by atoms with Gasteiger partial charge in [0.05, 0.1) is 16.0 Å². The predicted octanol–water partition coefficient (Wildman–Crippen LogP) is 6.84. The van der Waals surface area contributed by atoms with Gasteiger partial charge in [0.15, 0.2) is 0 Å². The summed E-state index contributed by atoms with van der Waals surface area (Å²) >= 11 is 7.28. The number of halogens is 6. The zero-order valence-corrected chi connectivity index (χ0v) is 17.3. The molecule has 158 valence electrons. The average Bonchev–Trinajstić information content (AvgIpc) is 3.21. The first-order chi connectivity index (χ1) is 13.9. The molecule has 1 aromatic carbocycles. The van der Waals surface area contributed by atoms with Crippen molar-refractivity contribution in [3.8, 4) is 11.1 Å². The van der Waals surface area contributed by atoms with E-state index in [0.717, 1.165) is 23.1 Å². The molecule has 0 radical (unpaired) electrons. The number of amides is 1. The summed E-state index contributed by atoms with van der Waals surface area (Å²) in [6, 6.07) is 2.86. The molecule has 30 heavy (non-hydrogen) atoms. The van der Waals surface area contributed by atoms with E-state index in [1.165, 1.54) is 28.5 Å². The van der Waals surface area contributed by atoms with E-state index in [-0.39, 0.29) is 29.6 Å². The average molecular weight is 479 g/mol. The number of hydrogen-bond donors (Lipinski definition) is 0. The number of benzene rings is 1. The van der Waals surface area contributed by atoms with E-state index >= 15 is 0 Å². The lowest BCUT2D eigenvalue weighted by atomic mass is 10.0. The van der Waals surface area contributed by atoms with Crippen LogP contribution in [-0.4, -0.2) is 21.7 Å². The minimum Gasteiger partial charge on any atom is -0.289 e. The molecule has 2 nitrogen and oxygen atoms in total. The number of thioether (sulfide) groups is 1. The summed E-state index contributed by atoms with van der Waals surface area (Å²) in [7, 11) is 0. The molecule has 1 amide bonds. The van der Waals surface area contributed by atoms with Gasteiger partial charge in [0, 0.05) is 11.4 Å². The minimum atomic E-state index is -4.92. The normalized spacial score (nSPS) is 16.6. The molecule has 11 heteroatoms. The fraction of sp³-hybridized carbons (Fsp3) is 0.158. The van der Waals surface area contributed by atoms with E-state index in [4.69, 9.17) is 12.2 Å². The zero-order chi connectivity index (χ0) is 22.3. The molecule has 0 unspecified atom stereocenters. The van der Waals surface area contributed by atoms with Gasteiger partial charge >= 0.3 is 12.4 Å². The number of thiocarbonyl (C=S) groups is 1. The molecular formula is C19H11F6NOS3. The SMILES string of the molecule is C=CCN1C(=O)C(=Cc2cc(-c3cc(C(F)(F)F)cc(C(F)(F)F)c3)cs2)SC1=S. The number of alkyl halides is 6. The molecule has 0 saturated carbocycles. The van der Waals surface area contributed by atoms with Crippen LogP contribution >= 0.6 is 35.3 Å². The molecule has 3 rings (SSSR count). The molecule has 0 atom stereocenters. The van der Waals surface area contributed by atoms with Crippen LogP contribution in [0.3, 0.4) is 0 Å². The van der Waals surface area contributed by atoms with Crippen LogP contribution in [-0.2, 0) is 17.1 Å². The van der Waals surface area contributed by atoms with Gasteiger partial charge in [0.25, 0.3) is 5.91 Å². The van der Waals surface area contributed by atoms with Gasteiger partial charge in [0.1, 0.15) is 4.32 Å². The third-order valence-electron chi connectivity index (χ3n) is 4.00. The molecule has 1 saturated heterocycles. The van der Waals surface area contributed by atoms with Crippen molar-refractivity contribution in [1.29, 1.82) is 0 Å². The second kappa shape index (κ2) is 8.20. The summed E-state index contributed by atoms with van der Waals surface area (Å²) in [5, 5.41) is 1.44. The molecule has 2 aromatic rings.